The Labute approximate surface area is 116 Å². The smallest absolute Gasteiger partial charge is 0.155 e. The van der Waals surface area contributed by atoms with Gasteiger partial charge in [0.15, 0.2) is 5.65 Å². The number of fused-ring (bicyclic) bond motifs is 2. The van der Waals surface area contributed by atoms with Crippen LogP contribution < -0.4 is 9.64 Å². The number of rotatable bonds is 2. The number of hydrogen-bond donors (Lipinski definition) is 0. The molecule has 0 saturated carbocycles. The summed E-state index contributed by atoms with van der Waals surface area (Å²) in [5.41, 5.74) is 3.17. The molecule has 1 aromatic carbocycles. The van der Waals surface area contributed by atoms with E-state index in [9.17, 15) is 0 Å². The Hall–Kier alpha value is -2.56. The van der Waals surface area contributed by atoms with Crippen molar-refractivity contribution in [1.29, 1.82) is 0 Å². The summed E-state index contributed by atoms with van der Waals surface area (Å²) in [4.78, 5) is 10.8. The third kappa shape index (κ3) is 1.79. The monoisotopic (exact) mass is 266 g/mol. The number of hydrogen-bond acceptors (Lipinski definition) is 4. The Morgan fingerprint density at radius 2 is 2.15 bits per heavy atom. The molecule has 0 fully saturated rings. The van der Waals surface area contributed by atoms with Crippen LogP contribution in [0.2, 0.25) is 0 Å². The van der Waals surface area contributed by atoms with Crippen LogP contribution in [0.25, 0.3) is 5.65 Å². The van der Waals surface area contributed by atoms with E-state index in [0.29, 0.717) is 0 Å². The topological polar surface area (TPSA) is 42.7 Å². The molecule has 1 aliphatic heterocycles. The summed E-state index contributed by atoms with van der Waals surface area (Å²) in [5.74, 6) is 0.953. The summed E-state index contributed by atoms with van der Waals surface area (Å²) in [5, 5.41) is 0. The maximum Gasteiger partial charge on any atom is 0.155 e. The Morgan fingerprint density at radius 3 is 3.15 bits per heavy atom. The van der Waals surface area contributed by atoms with Gasteiger partial charge < -0.3 is 9.64 Å². The minimum absolute atomic E-state index is 0.718. The molecule has 0 aliphatic carbocycles. The second kappa shape index (κ2) is 4.52. The van der Waals surface area contributed by atoms with Gasteiger partial charge in [-0.25, -0.2) is 4.98 Å². The first kappa shape index (κ1) is 11.3. The largest absolute Gasteiger partial charge is 0.490 e. The molecule has 4 rings (SSSR count). The lowest BCUT2D eigenvalue weighted by molar-refractivity contribution is 0.306. The molecule has 0 spiro atoms. The molecule has 0 N–H and O–H groups in total. The fraction of sp³-hybridized carbons (Fsp3) is 0.200. The first-order valence-corrected chi connectivity index (χ1v) is 6.64. The fourth-order valence-corrected chi connectivity index (χ4v) is 2.60. The summed E-state index contributed by atoms with van der Waals surface area (Å²) >= 11 is 0. The molecule has 5 heteroatoms. The van der Waals surface area contributed by atoms with Crippen LogP contribution in [0, 0.1) is 0 Å². The number of benzene rings is 1. The average molecular weight is 266 g/mol. The molecule has 100 valence electrons. The Balaban J connectivity index is 1.70. The van der Waals surface area contributed by atoms with Gasteiger partial charge in [-0.05, 0) is 12.1 Å². The van der Waals surface area contributed by atoms with E-state index in [-0.39, 0.29) is 0 Å². The van der Waals surface area contributed by atoms with Gasteiger partial charge in [0.2, 0.25) is 0 Å². The zero-order valence-corrected chi connectivity index (χ0v) is 10.9. The lowest BCUT2D eigenvalue weighted by Crippen LogP contribution is -2.32. The highest BCUT2D eigenvalue weighted by Crippen LogP contribution is 2.31. The van der Waals surface area contributed by atoms with Crippen LogP contribution >= 0.6 is 0 Å². The van der Waals surface area contributed by atoms with Crippen molar-refractivity contribution >= 4 is 11.3 Å². The third-order valence-corrected chi connectivity index (χ3v) is 3.57. The lowest BCUT2D eigenvalue weighted by atomic mass is 10.2. The van der Waals surface area contributed by atoms with Gasteiger partial charge in [0.1, 0.15) is 12.4 Å². The van der Waals surface area contributed by atoms with E-state index in [1.807, 2.05) is 30.6 Å². The Bertz CT molecular complexity index is 752. The van der Waals surface area contributed by atoms with Gasteiger partial charge in [0.25, 0.3) is 0 Å². The van der Waals surface area contributed by atoms with E-state index in [4.69, 9.17) is 4.74 Å². The molecule has 0 bridgehead atoms. The van der Waals surface area contributed by atoms with Crippen molar-refractivity contribution in [3.8, 4) is 5.75 Å². The van der Waals surface area contributed by atoms with Gasteiger partial charge in [0, 0.05) is 12.4 Å². The van der Waals surface area contributed by atoms with Crippen LogP contribution in [0.5, 0.6) is 5.75 Å². The normalized spacial score (nSPS) is 14.1. The second-order valence-corrected chi connectivity index (χ2v) is 4.79. The molecular weight excluding hydrogens is 252 g/mol. The maximum atomic E-state index is 5.69. The molecule has 1 aliphatic rings. The predicted octanol–water partition coefficient (Wildman–Crippen LogP) is 2.13. The Kier molecular flexibility index (Phi) is 2.55. The van der Waals surface area contributed by atoms with E-state index in [1.54, 1.807) is 12.4 Å². The molecule has 0 atom stereocenters. The number of anilines is 1. The van der Waals surface area contributed by atoms with E-state index >= 15 is 0 Å². The van der Waals surface area contributed by atoms with Crippen LogP contribution in [0.15, 0.2) is 49.1 Å². The van der Waals surface area contributed by atoms with Crippen LogP contribution in [-0.2, 0) is 6.54 Å². The number of nitrogens with zero attached hydrogens (tertiary/aromatic N) is 4. The predicted molar refractivity (Wildman–Crippen MR) is 76.0 cm³/mol. The molecule has 0 radical (unpaired) electrons. The van der Waals surface area contributed by atoms with Crippen molar-refractivity contribution in [3.63, 3.8) is 0 Å². The number of aromatic nitrogens is 3. The SMILES string of the molecule is c1ccc2c(c1)OCCN2Cc1cnc2cnccn12. The zero-order valence-electron chi connectivity index (χ0n) is 10.9. The van der Waals surface area contributed by atoms with Crippen molar-refractivity contribution in [3.05, 3.63) is 54.7 Å². The van der Waals surface area contributed by atoms with Crippen LogP contribution in [0.3, 0.4) is 0 Å². The van der Waals surface area contributed by atoms with Crippen LogP contribution in [-0.4, -0.2) is 27.5 Å². The standard InChI is InChI=1S/C15H14N4O/c1-2-4-14-13(3-1)18(7-8-20-14)11-12-9-17-15-10-16-5-6-19(12)15/h1-6,9-10H,7-8,11H2. The molecule has 2 aromatic heterocycles. The highest BCUT2D eigenvalue weighted by atomic mass is 16.5. The van der Waals surface area contributed by atoms with E-state index in [1.165, 1.54) is 0 Å². The van der Waals surface area contributed by atoms with E-state index in [0.717, 1.165) is 42.5 Å². The molecule has 3 heterocycles. The van der Waals surface area contributed by atoms with Gasteiger partial charge in [-0.1, -0.05) is 12.1 Å². The molecule has 0 amide bonds. The van der Waals surface area contributed by atoms with Crippen molar-refractivity contribution in [2.75, 3.05) is 18.1 Å². The number of para-hydroxylation sites is 2. The minimum atomic E-state index is 0.718. The van der Waals surface area contributed by atoms with Gasteiger partial charge in [-0.15, -0.1) is 0 Å². The average Bonchev–Trinajstić information content (AvgIpc) is 2.91. The highest BCUT2D eigenvalue weighted by Gasteiger charge is 2.18. The minimum Gasteiger partial charge on any atom is -0.490 e. The zero-order chi connectivity index (χ0) is 13.4. The number of ether oxygens (including phenoxy) is 1. The molecule has 5 nitrogen and oxygen atoms in total. The summed E-state index contributed by atoms with van der Waals surface area (Å²) in [6.07, 6.45) is 7.42. The highest BCUT2D eigenvalue weighted by molar-refractivity contribution is 5.59. The Morgan fingerprint density at radius 1 is 1.20 bits per heavy atom. The van der Waals surface area contributed by atoms with Gasteiger partial charge in [-0.2, -0.15) is 0 Å². The van der Waals surface area contributed by atoms with Crippen molar-refractivity contribution in [2.24, 2.45) is 0 Å². The maximum absolute atomic E-state index is 5.69. The van der Waals surface area contributed by atoms with Crippen LogP contribution in [0.1, 0.15) is 5.69 Å². The second-order valence-electron chi connectivity index (χ2n) is 4.79. The van der Waals surface area contributed by atoms with Crippen LogP contribution in [0.4, 0.5) is 5.69 Å². The lowest BCUT2D eigenvalue weighted by Gasteiger charge is -2.30. The summed E-state index contributed by atoms with van der Waals surface area (Å²) in [6.45, 7) is 2.41. The van der Waals surface area contributed by atoms with E-state index in [2.05, 4.69) is 25.3 Å². The van der Waals surface area contributed by atoms with Crippen molar-refractivity contribution in [1.82, 2.24) is 14.4 Å². The molecule has 3 aromatic rings. The third-order valence-electron chi connectivity index (χ3n) is 3.57. The quantitative estimate of drug-likeness (QED) is 0.712. The van der Waals surface area contributed by atoms with Crippen molar-refractivity contribution < 1.29 is 4.74 Å². The summed E-state index contributed by atoms with van der Waals surface area (Å²) in [7, 11) is 0. The fourth-order valence-electron chi connectivity index (χ4n) is 2.60. The summed E-state index contributed by atoms with van der Waals surface area (Å²) < 4.78 is 7.76. The van der Waals surface area contributed by atoms with Gasteiger partial charge >= 0.3 is 0 Å². The number of imidazole rings is 1. The molecule has 20 heavy (non-hydrogen) atoms. The van der Waals surface area contributed by atoms with E-state index < -0.39 is 0 Å². The van der Waals surface area contributed by atoms with Crippen molar-refractivity contribution in [2.45, 2.75) is 6.54 Å². The first-order valence-electron chi connectivity index (χ1n) is 6.64. The molecule has 0 unspecified atom stereocenters. The molecular formula is C15H14N4O. The van der Waals surface area contributed by atoms with Gasteiger partial charge in [0.05, 0.1) is 36.9 Å². The first-order chi connectivity index (χ1) is 9.92. The van der Waals surface area contributed by atoms with Gasteiger partial charge in [-0.3, -0.25) is 9.38 Å². The molecule has 0 saturated heterocycles. The summed E-state index contributed by atoms with van der Waals surface area (Å²) in [6, 6.07) is 8.15.